The molecule has 23 heavy (non-hydrogen) atoms. The van der Waals surface area contributed by atoms with Gasteiger partial charge in [-0.2, -0.15) is 0 Å². The number of rotatable bonds is 5. The van der Waals surface area contributed by atoms with Crippen LogP contribution in [0.25, 0.3) is 11.0 Å². The van der Waals surface area contributed by atoms with Crippen LogP contribution in [0.3, 0.4) is 0 Å². The van der Waals surface area contributed by atoms with Gasteiger partial charge in [-0.05, 0) is 18.6 Å². The molecule has 2 N–H and O–H groups in total. The van der Waals surface area contributed by atoms with Gasteiger partial charge in [0.25, 0.3) is 0 Å². The van der Waals surface area contributed by atoms with Crippen LogP contribution in [0.5, 0.6) is 0 Å². The quantitative estimate of drug-likeness (QED) is 0.851. The molecule has 0 atom stereocenters. The van der Waals surface area contributed by atoms with Gasteiger partial charge in [0.15, 0.2) is 0 Å². The van der Waals surface area contributed by atoms with E-state index in [1.54, 1.807) is 0 Å². The number of halogens is 1. The molecule has 6 nitrogen and oxygen atoms in total. The summed E-state index contributed by atoms with van der Waals surface area (Å²) in [7, 11) is 0. The van der Waals surface area contributed by atoms with Gasteiger partial charge in [-0.15, -0.1) is 0 Å². The van der Waals surface area contributed by atoms with E-state index in [4.69, 9.17) is 22.1 Å². The first kappa shape index (κ1) is 16.1. The van der Waals surface area contributed by atoms with Gasteiger partial charge in [0.2, 0.25) is 5.91 Å². The number of anilines is 1. The lowest BCUT2D eigenvalue weighted by atomic mass is 10.2. The van der Waals surface area contributed by atoms with Gasteiger partial charge in [-0.25, -0.2) is 4.98 Å². The molecular weight excluding hydrogens is 316 g/mol. The average Bonchev–Trinajstić information content (AvgIpc) is 2.88. The van der Waals surface area contributed by atoms with Crippen molar-refractivity contribution in [1.29, 1.82) is 0 Å². The second kappa shape index (κ2) is 6.76. The summed E-state index contributed by atoms with van der Waals surface area (Å²) in [6.07, 6.45) is 1.40. The van der Waals surface area contributed by atoms with Crippen molar-refractivity contribution in [2.75, 3.05) is 25.5 Å². The minimum absolute atomic E-state index is 0.128. The lowest BCUT2D eigenvalue weighted by Crippen LogP contribution is -2.38. The second-order valence-electron chi connectivity index (χ2n) is 5.73. The monoisotopic (exact) mass is 336 g/mol. The molecule has 0 saturated heterocycles. The van der Waals surface area contributed by atoms with Gasteiger partial charge >= 0.3 is 0 Å². The second-order valence-corrected chi connectivity index (χ2v) is 6.14. The zero-order valence-electron chi connectivity index (χ0n) is 13.2. The lowest BCUT2D eigenvalue weighted by Gasteiger charge is -2.28. The van der Waals surface area contributed by atoms with Crippen molar-refractivity contribution in [3.63, 3.8) is 0 Å². The third-order valence-corrected chi connectivity index (χ3v) is 4.35. The molecule has 0 aliphatic carbocycles. The van der Waals surface area contributed by atoms with Crippen LogP contribution < -0.4 is 5.73 Å². The van der Waals surface area contributed by atoms with E-state index >= 15 is 0 Å². The molecule has 2 aromatic heterocycles. The maximum absolute atomic E-state index is 12.3. The molecule has 1 aliphatic heterocycles. The molecule has 0 aromatic carbocycles. The number of hydrogen-bond donors (Lipinski definition) is 1. The number of ether oxygens (including phenoxy) is 1. The van der Waals surface area contributed by atoms with Crippen molar-refractivity contribution in [2.45, 2.75) is 32.9 Å². The van der Waals surface area contributed by atoms with Crippen LogP contribution in [0.15, 0.2) is 12.1 Å². The van der Waals surface area contributed by atoms with Gasteiger partial charge in [0.1, 0.15) is 11.5 Å². The zero-order valence-corrected chi connectivity index (χ0v) is 14.0. The predicted octanol–water partition coefficient (Wildman–Crippen LogP) is 2.43. The molecule has 0 fully saturated rings. The Hall–Kier alpha value is -1.79. The van der Waals surface area contributed by atoms with Crippen LogP contribution in [-0.4, -0.2) is 40.1 Å². The van der Waals surface area contributed by atoms with E-state index in [9.17, 15) is 4.79 Å². The molecule has 7 heteroatoms. The fourth-order valence-corrected chi connectivity index (χ4v) is 3.04. The summed E-state index contributed by atoms with van der Waals surface area (Å²) in [5.41, 5.74) is 7.69. The van der Waals surface area contributed by atoms with E-state index in [1.165, 1.54) is 0 Å². The fourth-order valence-electron chi connectivity index (χ4n) is 2.88. The Morgan fingerprint density at radius 2 is 2.22 bits per heavy atom. The van der Waals surface area contributed by atoms with Gasteiger partial charge in [-0.3, -0.25) is 4.79 Å². The van der Waals surface area contributed by atoms with Crippen LogP contribution >= 0.6 is 11.6 Å². The van der Waals surface area contributed by atoms with Gasteiger partial charge in [-0.1, -0.05) is 18.5 Å². The third-order valence-electron chi connectivity index (χ3n) is 4.04. The molecule has 1 aliphatic rings. The number of carbonyl (C=O) groups excluding carboxylic acids is 1. The number of hydrogen-bond acceptors (Lipinski definition) is 4. The van der Waals surface area contributed by atoms with Gasteiger partial charge in [0.05, 0.1) is 24.6 Å². The van der Waals surface area contributed by atoms with Crippen LogP contribution in [0, 0.1) is 0 Å². The Kier molecular flexibility index (Phi) is 4.73. The smallest absolute Gasteiger partial charge is 0.225 e. The van der Waals surface area contributed by atoms with E-state index in [1.807, 2.05) is 17.0 Å². The molecule has 124 valence electrons. The summed E-state index contributed by atoms with van der Waals surface area (Å²) in [4.78, 5) is 18.5. The molecule has 0 saturated carbocycles. The largest absolute Gasteiger partial charge is 0.382 e. The number of fused-ring (bicyclic) bond motifs is 3. The first-order valence-corrected chi connectivity index (χ1v) is 8.27. The lowest BCUT2D eigenvalue weighted by molar-refractivity contribution is -0.133. The topological polar surface area (TPSA) is 73.4 Å². The van der Waals surface area contributed by atoms with Crippen molar-refractivity contribution in [1.82, 2.24) is 14.5 Å². The third kappa shape index (κ3) is 3.28. The molecule has 2 aromatic rings. The minimum Gasteiger partial charge on any atom is -0.382 e. The summed E-state index contributed by atoms with van der Waals surface area (Å²) < 4.78 is 7.51. The number of aromatic nitrogens is 2. The Morgan fingerprint density at radius 1 is 1.39 bits per heavy atom. The van der Waals surface area contributed by atoms with Crippen LogP contribution in [0.2, 0.25) is 5.02 Å². The summed E-state index contributed by atoms with van der Waals surface area (Å²) >= 11 is 6.04. The molecule has 0 spiro atoms. The molecule has 0 unspecified atom stereocenters. The van der Waals surface area contributed by atoms with E-state index < -0.39 is 0 Å². The van der Waals surface area contributed by atoms with Gasteiger partial charge in [0, 0.05) is 30.8 Å². The number of nitrogens with two attached hydrogens (primary N) is 1. The zero-order chi connectivity index (χ0) is 16.4. The molecule has 0 bridgehead atoms. The summed E-state index contributed by atoms with van der Waals surface area (Å²) in [6, 6.07) is 3.86. The van der Waals surface area contributed by atoms with Crippen molar-refractivity contribution in [3.05, 3.63) is 22.8 Å². The molecular formula is C16H21ClN4O2. The Morgan fingerprint density at radius 3 is 3.00 bits per heavy atom. The van der Waals surface area contributed by atoms with E-state index in [2.05, 4.69) is 16.5 Å². The van der Waals surface area contributed by atoms with Crippen molar-refractivity contribution in [2.24, 2.45) is 0 Å². The Balaban J connectivity index is 1.72. The SMILES string of the molecule is CCCOCCC(=O)N1CCn2c(cc3cc(Cl)c(N)nc32)C1. The Labute approximate surface area is 140 Å². The summed E-state index contributed by atoms with van der Waals surface area (Å²) in [5.74, 6) is 0.467. The van der Waals surface area contributed by atoms with E-state index in [0.717, 1.165) is 23.1 Å². The number of pyridine rings is 1. The standard InChI is InChI=1S/C16H21ClN4O2/c1-2-6-23-7-3-14(22)20-4-5-21-12(10-20)8-11-9-13(17)15(18)19-16(11)21/h8-9H,2-7,10H2,1H3,(H2,18,19). The van der Waals surface area contributed by atoms with Crippen molar-refractivity contribution >= 4 is 34.4 Å². The molecule has 0 radical (unpaired) electrons. The number of carbonyl (C=O) groups is 1. The maximum Gasteiger partial charge on any atom is 0.225 e. The van der Waals surface area contributed by atoms with E-state index in [0.29, 0.717) is 50.1 Å². The first-order valence-electron chi connectivity index (χ1n) is 7.89. The highest BCUT2D eigenvalue weighted by Crippen LogP contribution is 2.28. The van der Waals surface area contributed by atoms with Crippen LogP contribution in [0.1, 0.15) is 25.5 Å². The predicted molar refractivity (Wildman–Crippen MR) is 90.3 cm³/mol. The van der Waals surface area contributed by atoms with Crippen LogP contribution in [-0.2, 0) is 22.6 Å². The first-order chi connectivity index (χ1) is 11.1. The molecule has 1 amide bonds. The highest BCUT2D eigenvalue weighted by atomic mass is 35.5. The number of amides is 1. The van der Waals surface area contributed by atoms with Crippen molar-refractivity contribution < 1.29 is 9.53 Å². The highest BCUT2D eigenvalue weighted by molar-refractivity contribution is 6.33. The van der Waals surface area contributed by atoms with Crippen molar-refractivity contribution in [3.8, 4) is 0 Å². The molecule has 3 heterocycles. The maximum atomic E-state index is 12.3. The summed E-state index contributed by atoms with van der Waals surface area (Å²) in [6.45, 7) is 5.22. The average molecular weight is 337 g/mol. The molecule has 3 rings (SSSR count). The number of nitrogen functional groups attached to an aromatic ring is 1. The summed E-state index contributed by atoms with van der Waals surface area (Å²) in [5, 5.41) is 1.42. The normalized spacial score (nSPS) is 14.3. The minimum atomic E-state index is 0.128. The van der Waals surface area contributed by atoms with Crippen LogP contribution in [0.4, 0.5) is 5.82 Å². The number of nitrogens with zero attached hydrogens (tertiary/aromatic N) is 3. The highest BCUT2D eigenvalue weighted by Gasteiger charge is 2.23. The van der Waals surface area contributed by atoms with E-state index in [-0.39, 0.29) is 5.91 Å². The fraction of sp³-hybridized carbons (Fsp3) is 0.500. The Bertz CT molecular complexity index is 728. The van der Waals surface area contributed by atoms with Gasteiger partial charge < -0.3 is 19.9 Å².